The van der Waals surface area contributed by atoms with E-state index in [0.29, 0.717) is 37.3 Å². The van der Waals surface area contributed by atoms with Gasteiger partial charge in [-0.15, -0.1) is 0 Å². The monoisotopic (exact) mass is 320 g/mol. The van der Waals surface area contributed by atoms with Crippen molar-refractivity contribution in [1.29, 1.82) is 0 Å². The molecular weight excluding hydrogens is 299 g/mol. The minimum Gasteiger partial charge on any atom is -0.381 e. The van der Waals surface area contributed by atoms with Crippen LogP contribution < -0.4 is 10.6 Å². The van der Waals surface area contributed by atoms with Gasteiger partial charge in [0.2, 0.25) is 5.91 Å². The van der Waals surface area contributed by atoms with Gasteiger partial charge in [-0.3, -0.25) is 14.0 Å². The molecule has 1 aliphatic rings. The molecule has 5 nitrogen and oxygen atoms in total. The summed E-state index contributed by atoms with van der Waals surface area (Å²) in [5.41, 5.74) is 0.357. The van der Waals surface area contributed by atoms with E-state index in [0.717, 1.165) is 6.08 Å². The molecule has 0 spiro atoms. The Kier molecular flexibility index (Phi) is 5.87. The summed E-state index contributed by atoms with van der Waals surface area (Å²) < 4.78 is 18.2. The Morgan fingerprint density at radius 1 is 1.35 bits per heavy atom. The van der Waals surface area contributed by atoms with Crippen molar-refractivity contribution in [3.8, 4) is 0 Å². The Morgan fingerprint density at radius 3 is 2.74 bits per heavy atom. The fraction of sp³-hybridized carbons (Fsp3) is 0.412. The van der Waals surface area contributed by atoms with Gasteiger partial charge in [-0.05, 0) is 43.5 Å². The van der Waals surface area contributed by atoms with E-state index >= 15 is 0 Å². The smallest absolute Gasteiger partial charge is 0.251 e. The molecule has 0 bridgehead atoms. The van der Waals surface area contributed by atoms with E-state index < -0.39 is 12.2 Å². The molecule has 124 valence electrons. The van der Waals surface area contributed by atoms with Crippen molar-refractivity contribution in [1.82, 2.24) is 5.32 Å². The van der Waals surface area contributed by atoms with Crippen LogP contribution in [0.5, 0.6) is 0 Å². The zero-order chi connectivity index (χ0) is 16.7. The van der Waals surface area contributed by atoms with Crippen LogP contribution in [0.1, 0.15) is 29.6 Å². The highest BCUT2D eigenvalue weighted by atomic mass is 19.1. The quantitative estimate of drug-likeness (QED) is 0.791. The van der Waals surface area contributed by atoms with E-state index in [1.165, 1.54) is 0 Å². The van der Waals surface area contributed by atoms with E-state index in [2.05, 4.69) is 17.2 Å². The number of hydrogen-bond donors (Lipinski definition) is 2. The van der Waals surface area contributed by atoms with Crippen molar-refractivity contribution in [3.63, 3.8) is 0 Å². The summed E-state index contributed by atoms with van der Waals surface area (Å²) >= 11 is 0. The molecule has 0 atom stereocenters. The van der Waals surface area contributed by atoms with Crippen LogP contribution in [0, 0.1) is 0 Å². The lowest BCUT2D eigenvalue weighted by molar-refractivity contribution is -0.111. The molecule has 1 saturated heterocycles. The fourth-order valence-corrected chi connectivity index (χ4v) is 2.62. The number of carbonyl (C=O) groups is 2. The summed E-state index contributed by atoms with van der Waals surface area (Å²) in [4.78, 5) is 23.8. The van der Waals surface area contributed by atoms with E-state index in [9.17, 15) is 14.0 Å². The molecule has 0 saturated carbocycles. The SMILES string of the molecule is C=CC(=O)Nc1cccc(C(=O)NC2(CCF)CCOCC2)c1. The topological polar surface area (TPSA) is 67.4 Å². The molecule has 0 aromatic heterocycles. The normalized spacial score (nSPS) is 16.4. The Balaban J connectivity index is 2.11. The number of amides is 2. The van der Waals surface area contributed by atoms with Gasteiger partial charge < -0.3 is 15.4 Å². The van der Waals surface area contributed by atoms with Crippen molar-refractivity contribution < 1.29 is 18.7 Å². The predicted molar refractivity (Wildman–Crippen MR) is 86.1 cm³/mol. The minimum absolute atomic E-state index is 0.273. The molecule has 6 heteroatoms. The third kappa shape index (κ3) is 4.63. The summed E-state index contributed by atoms with van der Waals surface area (Å²) in [5, 5.41) is 5.56. The standard InChI is InChI=1S/C17H21FN2O3/c1-2-15(21)19-14-5-3-4-13(12-14)16(22)20-17(6-9-18)7-10-23-11-8-17/h2-5,12H,1,6-11H2,(H,19,21)(H,20,22). The Bertz CT molecular complexity index is 577. The van der Waals surface area contributed by atoms with Crippen LogP contribution in [-0.4, -0.2) is 37.2 Å². The molecule has 0 aliphatic carbocycles. The summed E-state index contributed by atoms with van der Waals surface area (Å²) in [7, 11) is 0. The first kappa shape index (κ1) is 17.1. The lowest BCUT2D eigenvalue weighted by Crippen LogP contribution is -2.52. The highest BCUT2D eigenvalue weighted by Crippen LogP contribution is 2.25. The maximum Gasteiger partial charge on any atom is 0.251 e. The number of hydrogen-bond acceptors (Lipinski definition) is 3. The van der Waals surface area contributed by atoms with E-state index in [-0.39, 0.29) is 18.2 Å². The largest absolute Gasteiger partial charge is 0.381 e. The Hall–Kier alpha value is -2.21. The number of rotatable bonds is 6. The maximum absolute atomic E-state index is 12.9. The van der Waals surface area contributed by atoms with E-state index in [1.54, 1.807) is 24.3 Å². The molecule has 0 unspecified atom stereocenters. The number of benzene rings is 1. The van der Waals surface area contributed by atoms with Gasteiger partial charge in [-0.25, -0.2) is 0 Å². The zero-order valence-corrected chi connectivity index (χ0v) is 12.9. The van der Waals surface area contributed by atoms with Crippen molar-refractivity contribution >= 4 is 17.5 Å². The molecule has 2 rings (SSSR count). The second-order valence-corrected chi connectivity index (χ2v) is 5.56. The fourth-order valence-electron chi connectivity index (χ4n) is 2.62. The van der Waals surface area contributed by atoms with Crippen LogP contribution in [0.3, 0.4) is 0 Å². The first-order valence-electron chi connectivity index (χ1n) is 7.58. The number of alkyl halides is 1. The summed E-state index contributed by atoms with van der Waals surface area (Å²) in [6.07, 6.45) is 2.62. The van der Waals surface area contributed by atoms with Gasteiger partial charge in [0.25, 0.3) is 5.91 Å². The molecule has 1 aliphatic heterocycles. The van der Waals surface area contributed by atoms with Crippen LogP contribution in [0.15, 0.2) is 36.9 Å². The molecule has 2 N–H and O–H groups in total. The summed E-state index contributed by atoms with van der Waals surface area (Å²) in [5.74, 6) is -0.629. The van der Waals surface area contributed by atoms with Gasteiger partial charge in [0.15, 0.2) is 0 Å². The van der Waals surface area contributed by atoms with Gasteiger partial charge >= 0.3 is 0 Å². The minimum atomic E-state index is -0.565. The maximum atomic E-state index is 12.9. The zero-order valence-electron chi connectivity index (χ0n) is 12.9. The average molecular weight is 320 g/mol. The number of nitrogens with one attached hydrogen (secondary N) is 2. The van der Waals surface area contributed by atoms with Crippen molar-refractivity contribution in [3.05, 3.63) is 42.5 Å². The number of anilines is 1. The third-order valence-electron chi connectivity index (χ3n) is 3.98. The highest BCUT2D eigenvalue weighted by Gasteiger charge is 2.34. The molecule has 1 aromatic rings. The highest BCUT2D eigenvalue weighted by molar-refractivity contribution is 6.00. The third-order valence-corrected chi connectivity index (χ3v) is 3.98. The summed E-state index contributed by atoms with van der Waals surface area (Å²) in [6, 6.07) is 6.60. The second-order valence-electron chi connectivity index (χ2n) is 5.56. The van der Waals surface area contributed by atoms with Crippen LogP contribution >= 0.6 is 0 Å². The van der Waals surface area contributed by atoms with E-state index in [1.807, 2.05) is 0 Å². The number of ether oxygens (including phenoxy) is 1. The first-order valence-corrected chi connectivity index (χ1v) is 7.58. The molecule has 2 amide bonds. The molecular formula is C17H21FN2O3. The summed E-state index contributed by atoms with van der Waals surface area (Å²) in [6.45, 7) is 3.91. The average Bonchev–Trinajstić information content (AvgIpc) is 2.56. The second kappa shape index (κ2) is 7.87. The molecule has 23 heavy (non-hydrogen) atoms. The number of halogens is 1. The van der Waals surface area contributed by atoms with Crippen molar-refractivity contribution in [2.24, 2.45) is 0 Å². The van der Waals surface area contributed by atoms with Crippen molar-refractivity contribution in [2.45, 2.75) is 24.8 Å². The van der Waals surface area contributed by atoms with Crippen molar-refractivity contribution in [2.75, 3.05) is 25.2 Å². The van der Waals surface area contributed by atoms with Crippen LogP contribution in [0.4, 0.5) is 10.1 Å². The van der Waals surface area contributed by atoms with Crippen LogP contribution in [0.25, 0.3) is 0 Å². The molecule has 1 aromatic carbocycles. The molecule has 0 radical (unpaired) electrons. The van der Waals surface area contributed by atoms with Crippen LogP contribution in [-0.2, 0) is 9.53 Å². The lowest BCUT2D eigenvalue weighted by Gasteiger charge is -2.37. The molecule has 1 heterocycles. The molecule has 1 fully saturated rings. The predicted octanol–water partition coefficient (Wildman–Crippen LogP) is 2.45. The number of carbonyl (C=O) groups excluding carboxylic acids is 2. The van der Waals surface area contributed by atoms with E-state index in [4.69, 9.17) is 4.74 Å². The first-order chi connectivity index (χ1) is 11.1. The Morgan fingerprint density at radius 2 is 2.09 bits per heavy atom. The van der Waals surface area contributed by atoms with Gasteiger partial charge in [0.1, 0.15) is 0 Å². The van der Waals surface area contributed by atoms with Gasteiger partial charge in [0.05, 0.1) is 6.67 Å². The van der Waals surface area contributed by atoms with Gasteiger partial charge in [-0.1, -0.05) is 12.6 Å². The lowest BCUT2D eigenvalue weighted by atomic mass is 9.86. The Labute approximate surface area is 134 Å². The van der Waals surface area contributed by atoms with Gasteiger partial charge in [-0.2, -0.15) is 0 Å². The van der Waals surface area contributed by atoms with Gasteiger partial charge in [0, 0.05) is 30.0 Å². The van der Waals surface area contributed by atoms with Crippen LogP contribution in [0.2, 0.25) is 0 Å².